The van der Waals surface area contributed by atoms with E-state index in [4.69, 9.17) is 0 Å². The fourth-order valence-corrected chi connectivity index (χ4v) is 2.59. The molecule has 0 spiro atoms. The number of pyridine rings is 1. The lowest BCUT2D eigenvalue weighted by Gasteiger charge is -2.14. The first-order valence-corrected chi connectivity index (χ1v) is 6.86. The maximum absolute atomic E-state index is 12.0. The van der Waals surface area contributed by atoms with Gasteiger partial charge in [-0.1, -0.05) is 0 Å². The van der Waals surface area contributed by atoms with Crippen molar-refractivity contribution in [3.8, 4) is 0 Å². The summed E-state index contributed by atoms with van der Waals surface area (Å²) in [5.74, 6) is -0.0903. The van der Waals surface area contributed by atoms with Gasteiger partial charge in [0.1, 0.15) is 0 Å². The third kappa shape index (κ3) is 2.90. The Kier molecular flexibility index (Phi) is 4.23. The number of amides is 1. The molecule has 0 aliphatic heterocycles. The highest BCUT2D eigenvalue weighted by molar-refractivity contribution is 5.93. The quantitative estimate of drug-likeness (QED) is 0.929. The maximum atomic E-state index is 12.0. The van der Waals surface area contributed by atoms with Crippen molar-refractivity contribution in [1.82, 2.24) is 14.9 Å². The van der Waals surface area contributed by atoms with Gasteiger partial charge in [0.25, 0.3) is 5.91 Å². The molecule has 0 aromatic carbocycles. The van der Waals surface area contributed by atoms with Crippen LogP contribution in [0.15, 0.2) is 30.6 Å². The number of nitrogens with zero attached hydrogens (tertiary/aromatic N) is 2. The Bertz CT molecular complexity index is 600. The van der Waals surface area contributed by atoms with E-state index in [2.05, 4.69) is 48.6 Å². The molecule has 4 heteroatoms. The summed E-state index contributed by atoms with van der Waals surface area (Å²) in [7, 11) is 0. The lowest BCUT2D eigenvalue weighted by Crippen LogP contribution is -2.23. The van der Waals surface area contributed by atoms with E-state index in [0.29, 0.717) is 18.2 Å². The molecule has 0 atom stereocenters. The Hall–Kier alpha value is -2.10. The summed E-state index contributed by atoms with van der Waals surface area (Å²) in [6.07, 6.45) is 3.24. The highest BCUT2D eigenvalue weighted by Crippen LogP contribution is 2.19. The van der Waals surface area contributed by atoms with Gasteiger partial charge >= 0.3 is 0 Å². The molecular formula is C16H21N3O. The molecule has 0 saturated heterocycles. The first-order valence-electron chi connectivity index (χ1n) is 6.86. The molecule has 0 aliphatic carbocycles. The van der Waals surface area contributed by atoms with Crippen molar-refractivity contribution >= 4 is 5.91 Å². The molecule has 20 heavy (non-hydrogen) atoms. The smallest absolute Gasteiger partial charge is 0.253 e. The van der Waals surface area contributed by atoms with E-state index in [0.717, 1.165) is 5.56 Å². The zero-order chi connectivity index (χ0) is 14.7. The molecular weight excluding hydrogens is 250 g/mol. The second-order valence-corrected chi connectivity index (χ2v) is 5.28. The monoisotopic (exact) mass is 271 g/mol. The van der Waals surface area contributed by atoms with Crippen LogP contribution >= 0.6 is 0 Å². The molecule has 1 N–H and O–H groups in total. The lowest BCUT2D eigenvalue weighted by molar-refractivity contribution is 0.0950. The van der Waals surface area contributed by atoms with Crippen LogP contribution in [0.5, 0.6) is 0 Å². The van der Waals surface area contributed by atoms with Crippen molar-refractivity contribution < 1.29 is 4.79 Å². The van der Waals surface area contributed by atoms with Crippen molar-refractivity contribution in [3.05, 3.63) is 53.1 Å². The molecule has 2 rings (SSSR count). The summed E-state index contributed by atoms with van der Waals surface area (Å²) in [5, 5.41) is 2.94. The Morgan fingerprint density at radius 3 is 2.70 bits per heavy atom. The predicted octanol–water partition coefficient (Wildman–Crippen LogP) is 3.01. The summed E-state index contributed by atoms with van der Waals surface area (Å²) in [6.45, 7) is 9.06. The molecule has 0 fully saturated rings. The Morgan fingerprint density at radius 2 is 2.15 bits per heavy atom. The van der Waals surface area contributed by atoms with Crippen LogP contribution in [-0.4, -0.2) is 15.5 Å². The second kappa shape index (κ2) is 5.90. The summed E-state index contributed by atoms with van der Waals surface area (Å²) in [6, 6.07) is 6.09. The van der Waals surface area contributed by atoms with E-state index in [1.807, 2.05) is 0 Å². The summed E-state index contributed by atoms with van der Waals surface area (Å²) < 4.78 is 2.28. The zero-order valence-electron chi connectivity index (χ0n) is 12.5. The standard InChI is InChI=1S/C16H21N3O/c1-11(2)19-12(3)8-15(13(19)4)10-18-16(20)14-6-5-7-17-9-14/h5-9,11H,10H2,1-4H3,(H,18,20). The predicted molar refractivity (Wildman–Crippen MR) is 79.7 cm³/mol. The Labute approximate surface area is 119 Å². The number of carbonyl (C=O) groups excluding carboxylic acids is 1. The number of hydrogen-bond acceptors (Lipinski definition) is 2. The molecule has 0 saturated carbocycles. The molecule has 0 unspecified atom stereocenters. The molecule has 106 valence electrons. The van der Waals surface area contributed by atoms with Gasteiger partial charge in [-0.15, -0.1) is 0 Å². The van der Waals surface area contributed by atoms with Crippen molar-refractivity contribution in [1.29, 1.82) is 0 Å². The third-order valence-electron chi connectivity index (χ3n) is 3.47. The van der Waals surface area contributed by atoms with Crippen LogP contribution < -0.4 is 5.32 Å². The van der Waals surface area contributed by atoms with E-state index in [-0.39, 0.29) is 5.91 Å². The van der Waals surface area contributed by atoms with Gasteiger partial charge in [0.05, 0.1) is 5.56 Å². The van der Waals surface area contributed by atoms with Crippen LogP contribution in [0.2, 0.25) is 0 Å². The first kappa shape index (κ1) is 14.3. The van der Waals surface area contributed by atoms with Crippen LogP contribution in [0.1, 0.15) is 47.2 Å². The molecule has 0 aliphatic rings. The third-order valence-corrected chi connectivity index (χ3v) is 3.47. The van der Waals surface area contributed by atoms with Crippen LogP contribution in [-0.2, 0) is 6.54 Å². The molecule has 2 heterocycles. The molecule has 4 nitrogen and oxygen atoms in total. The molecule has 1 amide bonds. The van der Waals surface area contributed by atoms with E-state index in [9.17, 15) is 4.79 Å². The molecule has 2 aromatic rings. The van der Waals surface area contributed by atoms with Crippen molar-refractivity contribution in [3.63, 3.8) is 0 Å². The highest BCUT2D eigenvalue weighted by atomic mass is 16.1. The molecule has 0 bridgehead atoms. The fourth-order valence-electron chi connectivity index (χ4n) is 2.59. The number of nitrogens with one attached hydrogen (secondary N) is 1. The van der Waals surface area contributed by atoms with Crippen LogP contribution in [0, 0.1) is 13.8 Å². The van der Waals surface area contributed by atoms with Crippen molar-refractivity contribution in [2.24, 2.45) is 0 Å². The van der Waals surface area contributed by atoms with Crippen molar-refractivity contribution in [2.75, 3.05) is 0 Å². The SMILES string of the molecule is Cc1cc(CNC(=O)c2cccnc2)c(C)n1C(C)C. The summed E-state index contributed by atoms with van der Waals surface area (Å²) in [5.41, 5.74) is 4.19. The van der Waals surface area contributed by atoms with E-state index < -0.39 is 0 Å². The number of carbonyl (C=O) groups is 1. The largest absolute Gasteiger partial charge is 0.348 e. The van der Waals surface area contributed by atoms with E-state index >= 15 is 0 Å². The van der Waals surface area contributed by atoms with Gasteiger partial charge in [-0.05, 0) is 51.5 Å². The Morgan fingerprint density at radius 1 is 1.40 bits per heavy atom. The van der Waals surface area contributed by atoms with Gasteiger partial charge in [-0.25, -0.2) is 0 Å². The number of hydrogen-bond donors (Lipinski definition) is 1. The summed E-state index contributed by atoms with van der Waals surface area (Å²) >= 11 is 0. The molecule has 2 aromatic heterocycles. The van der Waals surface area contributed by atoms with Gasteiger partial charge < -0.3 is 9.88 Å². The van der Waals surface area contributed by atoms with Crippen LogP contribution in [0.3, 0.4) is 0 Å². The van der Waals surface area contributed by atoms with Gasteiger partial charge in [-0.3, -0.25) is 9.78 Å². The minimum atomic E-state index is -0.0903. The fraction of sp³-hybridized carbons (Fsp3) is 0.375. The minimum Gasteiger partial charge on any atom is -0.348 e. The van der Waals surface area contributed by atoms with Gasteiger partial charge in [0.15, 0.2) is 0 Å². The lowest BCUT2D eigenvalue weighted by atomic mass is 10.2. The van der Waals surface area contributed by atoms with Gasteiger partial charge in [-0.2, -0.15) is 0 Å². The summed E-state index contributed by atoms with van der Waals surface area (Å²) in [4.78, 5) is 16.0. The first-order chi connectivity index (χ1) is 9.50. The van der Waals surface area contributed by atoms with Crippen molar-refractivity contribution in [2.45, 2.75) is 40.3 Å². The number of aromatic nitrogens is 2. The number of rotatable bonds is 4. The second-order valence-electron chi connectivity index (χ2n) is 5.28. The topological polar surface area (TPSA) is 46.9 Å². The maximum Gasteiger partial charge on any atom is 0.253 e. The van der Waals surface area contributed by atoms with Gasteiger partial charge in [0.2, 0.25) is 0 Å². The zero-order valence-corrected chi connectivity index (χ0v) is 12.5. The number of aryl methyl sites for hydroxylation is 1. The van der Waals surface area contributed by atoms with E-state index in [1.165, 1.54) is 11.4 Å². The normalized spacial score (nSPS) is 10.8. The molecule has 0 radical (unpaired) electrons. The van der Waals surface area contributed by atoms with E-state index in [1.54, 1.807) is 24.5 Å². The minimum absolute atomic E-state index is 0.0903. The van der Waals surface area contributed by atoms with Gasteiger partial charge in [0, 0.05) is 36.4 Å². The average molecular weight is 271 g/mol. The van der Waals surface area contributed by atoms with Crippen LogP contribution in [0.4, 0.5) is 0 Å². The van der Waals surface area contributed by atoms with Crippen LogP contribution in [0.25, 0.3) is 0 Å². The highest BCUT2D eigenvalue weighted by Gasteiger charge is 2.12. The average Bonchev–Trinajstić information content (AvgIpc) is 2.71. The Balaban J connectivity index is 2.09.